The number of allylic oxidation sites excluding steroid dienone is 2. The maximum absolute atomic E-state index is 3.70. The minimum Gasteiger partial charge on any atom is -0.0735 e. The molecule has 3 aromatic carbocycles. The van der Waals surface area contributed by atoms with Crippen molar-refractivity contribution in [2.75, 3.05) is 0 Å². The van der Waals surface area contributed by atoms with Gasteiger partial charge in [0.1, 0.15) is 0 Å². The summed E-state index contributed by atoms with van der Waals surface area (Å²) in [6.07, 6.45) is 15.4. The van der Waals surface area contributed by atoms with Crippen LogP contribution in [0.25, 0.3) is 34.1 Å². The normalized spacial score (nSPS) is 17.7. The molecule has 0 nitrogen and oxygen atoms in total. The summed E-state index contributed by atoms with van der Waals surface area (Å²) in [5.74, 6) is 0.733. The van der Waals surface area contributed by atoms with E-state index in [4.69, 9.17) is 0 Å². The van der Waals surface area contributed by atoms with E-state index >= 15 is 0 Å². The zero-order valence-electron chi connectivity index (χ0n) is 16.5. The third kappa shape index (κ3) is 3.75. The van der Waals surface area contributed by atoms with E-state index in [-0.39, 0.29) is 26.2 Å². The van der Waals surface area contributed by atoms with Crippen LogP contribution in [0.2, 0.25) is 0 Å². The van der Waals surface area contributed by atoms with Crippen molar-refractivity contribution >= 4 is 22.9 Å². The summed E-state index contributed by atoms with van der Waals surface area (Å²) in [7, 11) is 0. The van der Waals surface area contributed by atoms with Gasteiger partial charge in [0.25, 0.3) is 0 Å². The Balaban J connectivity index is 0.00000192. The Bertz CT molecular complexity index is 1160. The van der Waals surface area contributed by atoms with E-state index < -0.39 is 0 Å². The summed E-state index contributed by atoms with van der Waals surface area (Å²) in [6, 6.07) is 19.9. The molecule has 0 aliphatic heterocycles. The standard InChI is InChI=1S/C27H25.Zr/c1-19-11-14-25(24-13-12-22-9-5-6-10-23(22)18-24)27-17-21(16-26(19)27)15-20-7-3-2-4-8-20;/h5-6,9-15,17-18,20H,2-4,7-8H2,1H3;. The molecule has 3 aromatic rings. The van der Waals surface area contributed by atoms with Crippen LogP contribution in [0.5, 0.6) is 0 Å². The van der Waals surface area contributed by atoms with Crippen molar-refractivity contribution in [1.82, 2.24) is 0 Å². The minimum absolute atomic E-state index is 0. The summed E-state index contributed by atoms with van der Waals surface area (Å²) in [5, 5.41) is 5.22. The van der Waals surface area contributed by atoms with Gasteiger partial charge in [0, 0.05) is 26.2 Å². The van der Waals surface area contributed by atoms with Gasteiger partial charge < -0.3 is 0 Å². The van der Waals surface area contributed by atoms with Gasteiger partial charge in [-0.3, -0.25) is 0 Å². The first-order chi connectivity index (χ1) is 13.3. The van der Waals surface area contributed by atoms with E-state index in [0.717, 1.165) is 5.92 Å². The Morgan fingerprint density at radius 3 is 2.50 bits per heavy atom. The van der Waals surface area contributed by atoms with E-state index in [9.17, 15) is 0 Å². The van der Waals surface area contributed by atoms with Gasteiger partial charge in [0.15, 0.2) is 0 Å². The summed E-state index contributed by atoms with van der Waals surface area (Å²) in [4.78, 5) is 0. The number of aryl methyl sites for hydroxylation is 1. The first-order valence-corrected chi connectivity index (χ1v) is 10.2. The van der Waals surface area contributed by atoms with Crippen molar-refractivity contribution in [3.8, 4) is 11.1 Å². The van der Waals surface area contributed by atoms with Crippen LogP contribution in [0, 0.1) is 12.8 Å². The second kappa shape index (κ2) is 8.34. The Morgan fingerprint density at radius 1 is 0.893 bits per heavy atom. The van der Waals surface area contributed by atoms with Gasteiger partial charge in [-0.05, 0) is 87.4 Å². The van der Waals surface area contributed by atoms with Crippen molar-refractivity contribution in [1.29, 1.82) is 0 Å². The molecule has 0 amide bonds. The summed E-state index contributed by atoms with van der Waals surface area (Å²) in [6.45, 7) is 2.20. The Kier molecular flexibility index (Phi) is 5.84. The average Bonchev–Trinajstić information content (AvgIpc) is 3.13. The van der Waals surface area contributed by atoms with Gasteiger partial charge in [0.05, 0.1) is 0 Å². The SMILES string of the molecule is Cc1ccc(-c2ccc3ccccc3c2)c2c1=[C]C(=CC1CCCCC1)C=2.[Zr]. The fraction of sp³-hybridized carbons (Fsp3) is 0.259. The molecule has 0 N–H and O–H groups in total. The van der Waals surface area contributed by atoms with Crippen LogP contribution in [-0.4, -0.2) is 0 Å². The van der Waals surface area contributed by atoms with Gasteiger partial charge in [-0.15, -0.1) is 0 Å². The van der Waals surface area contributed by atoms with Crippen LogP contribution in [-0.2, 0) is 26.2 Å². The molecule has 28 heavy (non-hydrogen) atoms. The Labute approximate surface area is 186 Å². The van der Waals surface area contributed by atoms with Crippen molar-refractivity contribution < 1.29 is 26.2 Å². The molecule has 1 radical (unpaired) electrons. The molecule has 1 saturated carbocycles. The van der Waals surface area contributed by atoms with Gasteiger partial charge in [-0.2, -0.15) is 0 Å². The maximum Gasteiger partial charge on any atom is 0 e. The second-order valence-electron chi connectivity index (χ2n) is 8.07. The average molecular weight is 441 g/mol. The molecule has 5 rings (SSSR count). The summed E-state index contributed by atoms with van der Waals surface area (Å²) < 4.78 is 0. The Morgan fingerprint density at radius 2 is 1.68 bits per heavy atom. The zero-order chi connectivity index (χ0) is 18.2. The van der Waals surface area contributed by atoms with E-state index in [1.807, 2.05) is 0 Å². The number of hydrogen-bond donors (Lipinski definition) is 0. The molecule has 0 saturated heterocycles. The van der Waals surface area contributed by atoms with E-state index in [0.29, 0.717) is 0 Å². The van der Waals surface area contributed by atoms with E-state index in [1.165, 1.54) is 75.6 Å². The summed E-state index contributed by atoms with van der Waals surface area (Å²) >= 11 is 0. The number of benzene rings is 3. The quantitative estimate of drug-likeness (QED) is 0.474. The molecule has 1 heteroatoms. The monoisotopic (exact) mass is 439 g/mol. The number of fused-ring (bicyclic) bond motifs is 2. The molecule has 0 bridgehead atoms. The topological polar surface area (TPSA) is 0 Å². The molecule has 2 aliphatic rings. The third-order valence-electron chi connectivity index (χ3n) is 6.15. The Hall–Kier alpha value is -1.72. The van der Waals surface area contributed by atoms with Crippen molar-refractivity contribution in [2.24, 2.45) is 5.92 Å². The number of rotatable bonds is 2. The van der Waals surface area contributed by atoms with Crippen molar-refractivity contribution in [2.45, 2.75) is 39.0 Å². The fourth-order valence-corrected chi connectivity index (χ4v) is 4.63. The minimum atomic E-state index is 0. The van der Waals surface area contributed by atoms with Crippen LogP contribution in [0.3, 0.4) is 0 Å². The molecule has 2 aliphatic carbocycles. The number of hydrogen-bond acceptors (Lipinski definition) is 0. The molecular formula is C27H25Zr. The molecule has 1 fully saturated rings. The van der Waals surface area contributed by atoms with E-state index in [1.54, 1.807) is 0 Å². The largest absolute Gasteiger partial charge is 0.0735 e. The predicted octanol–water partition coefficient (Wildman–Crippen LogP) is 5.77. The van der Waals surface area contributed by atoms with Gasteiger partial charge in [-0.1, -0.05) is 73.9 Å². The third-order valence-corrected chi connectivity index (χ3v) is 6.15. The second-order valence-corrected chi connectivity index (χ2v) is 8.07. The van der Waals surface area contributed by atoms with Crippen LogP contribution < -0.4 is 10.4 Å². The van der Waals surface area contributed by atoms with Gasteiger partial charge in [-0.25, -0.2) is 0 Å². The van der Waals surface area contributed by atoms with Crippen LogP contribution in [0.1, 0.15) is 37.7 Å². The molecule has 0 heterocycles. The molecule has 0 unspecified atom stereocenters. The molecule has 0 atom stereocenters. The summed E-state index contributed by atoms with van der Waals surface area (Å²) in [5.41, 5.74) is 5.22. The first kappa shape index (κ1) is 19.6. The van der Waals surface area contributed by atoms with Crippen LogP contribution >= 0.6 is 0 Å². The van der Waals surface area contributed by atoms with E-state index in [2.05, 4.69) is 79.7 Å². The fourth-order valence-electron chi connectivity index (χ4n) is 4.63. The molecule has 0 spiro atoms. The first-order valence-electron chi connectivity index (χ1n) is 10.2. The zero-order valence-corrected chi connectivity index (χ0v) is 18.9. The maximum atomic E-state index is 3.70. The van der Waals surface area contributed by atoms with Crippen molar-refractivity contribution in [3.63, 3.8) is 0 Å². The van der Waals surface area contributed by atoms with Crippen molar-refractivity contribution in [3.05, 3.63) is 82.2 Å². The van der Waals surface area contributed by atoms with Gasteiger partial charge >= 0.3 is 0 Å². The smallest absolute Gasteiger partial charge is 0 e. The molecule has 137 valence electrons. The molecule has 0 aromatic heterocycles. The predicted molar refractivity (Wildman–Crippen MR) is 116 cm³/mol. The van der Waals surface area contributed by atoms with Gasteiger partial charge in [0.2, 0.25) is 0 Å². The van der Waals surface area contributed by atoms with Crippen LogP contribution in [0.15, 0.2) is 66.2 Å². The van der Waals surface area contributed by atoms with Crippen LogP contribution in [0.4, 0.5) is 0 Å². The molecular weight excluding hydrogens is 416 g/mol.